The van der Waals surface area contributed by atoms with Gasteiger partial charge in [0.1, 0.15) is 10.8 Å². The molecule has 1 aromatic heterocycles. The highest BCUT2D eigenvalue weighted by atomic mass is 32.2. The number of ether oxygens (including phenoxy) is 1. The van der Waals surface area contributed by atoms with Crippen molar-refractivity contribution >= 4 is 28.5 Å². The van der Waals surface area contributed by atoms with Crippen molar-refractivity contribution in [1.29, 1.82) is 0 Å². The van der Waals surface area contributed by atoms with Crippen molar-refractivity contribution in [2.75, 3.05) is 13.3 Å². The van der Waals surface area contributed by atoms with Gasteiger partial charge >= 0.3 is 12.2 Å². The van der Waals surface area contributed by atoms with Crippen LogP contribution in [0, 0.1) is 10.1 Å². The van der Waals surface area contributed by atoms with Gasteiger partial charge in [-0.3, -0.25) is 10.1 Å². The number of urea groups is 1. The molecule has 1 heterocycles. The van der Waals surface area contributed by atoms with Gasteiger partial charge in [-0.2, -0.15) is 18.2 Å². The molecule has 0 atom stereocenters. The summed E-state index contributed by atoms with van der Waals surface area (Å²) in [7, 11) is 1.36. The first-order valence-corrected chi connectivity index (χ1v) is 8.72. The quantitative estimate of drug-likeness (QED) is 0.347. The zero-order valence-corrected chi connectivity index (χ0v) is 15.3. The van der Waals surface area contributed by atoms with Crippen molar-refractivity contribution < 1.29 is 27.6 Å². The van der Waals surface area contributed by atoms with Gasteiger partial charge in [-0.15, -0.1) is 11.8 Å². The van der Waals surface area contributed by atoms with E-state index in [-0.39, 0.29) is 27.9 Å². The SMILES string of the molecule is CNC(=O)N=C(SC)c1cc(Oc2ccc(C(F)(F)F)cn2)ccc1[N+](=O)[O-]. The molecule has 2 aromatic rings. The van der Waals surface area contributed by atoms with Crippen LogP contribution in [0.15, 0.2) is 41.5 Å². The Morgan fingerprint density at radius 1 is 1.32 bits per heavy atom. The van der Waals surface area contributed by atoms with Crippen LogP contribution in [0.3, 0.4) is 0 Å². The van der Waals surface area contributed by atoms with Crippen molar-refractivity contribution in [3.05, 3.63) is 57.8 Å². The number of pyridine rings is 1. The van der Waals surface area contributed by atoms with Gasteiger partial charge in [0.2, 0.25) is 5.88 Å². The smallest absolute Gasteiger partial charge is 0.417 e. The monoisotopic (exact) mass is 414 g/mol. The number of thioether (sulfide) groups is 1. The standard InChI is InChI=1S/C16H13F3N4O4S/c1-20-15(24)22-14(28-2)11-7-10(4-5-12(11)23(25)26)27-13-6-3-9(8-21-13)16(17,18)19/h3-8H,1-2H3,(H,20,24). The van der Waals surface area contributed by atoms with Gasteiger partial charge in [0, 0.05) is 25.4 Å². The molecule has 1 aromatic carbocycles. The van der Waals surface area contributed by atoms with Gasteiger partial charge in [-0.25, -0.2) is 9.78 Å². The second kappa shape index (κ2) is 8.69. The van der Waals surface area contributed by atoms with Crippen LogP contribution in [0.1, 0.15) is 11.1 Å². The Balaban J connectivity index is 2.40. The molecule has 0 aliphatic carbocycles. The van der Waals surface area contributed by atoms with Crippen molar-refractivity contribution in [1.82, 2.24) is 10.3 Å². The van der Waals surface area contributed by atoms with Crippen LogP contribution >= 0.6 is 11.8 Å². The molecular formula is C16H13F3N4O4S. The average Bonchev–Trinajstić information content (AvgIpc) is 2.65. The molecular weight excluding hydrogens is 401 g/mol. The fourth-order valence-electron chi connectivity index (χ4n) is 2.00. The number of nitro benzene ring substituents is 1. The van der Waals surface area contributed by atoms with E-state index in [0.717, 1.165) is 30.0 Å². The fourth-order valence-corrected chi connectivity index (χ4v) is 2.56. The van der Waals surface area contributed by atoms with Crippen LogP contribution in [-0.2, 0) is 6.18 Å². The topological polar surface area (TPSA) is 107 Å². The highest BCUT2D eigenvalue weighted by Gasteiger charge is 2.30. The number of nitrogens with zero attached hydrogens (tertiary/aromatic N) is 3. The van der Waals surface area contributed by atoms with Gasteiger partial charge in [0.25, 0.3) is 5.69 Å². The lowest BCUT2D eigenvalue weighted by Gasteiger charge is -2.10. The zero-order valence-electron chi connectivity index (χ0n) is 14.5. The van der Waals surface area contributed by atoms with E-state index in [4.69, 9.17) is 4.74 Å². The number of aromatic nitrogens is 1. The number of hydrogen-bond donors (Lipinski definition) is 1. The number of carbonyl (C=O) groups is 1. The highest BCUT2D eigenvalue weighted by molar-refractivity contribution is 8.13. The first kappa shape index (κ1) is 21.2. The van der Waals surface area contributed by atoms with E-state index in [9.17, 15) is 28.1 Å². The number of alkyl halides is 3. The van der Waals surface area contributed by atoms with Gasteiger partial charge < -0.3 is 10.1 Å². The molecule has 28 heavy (non-hydrogen) atoms. The van der Waals surface area contributed by atoms with Crippen LogP contribution in [-0.4, -0.2) is 34.3 Å². The van der Waals surface area contributed by atoms with Gasteiger partial charge in [-0.1, -0.05) is 0 Å². The molecule has 0 unspecified atom stereocenters. The van der Waals surface area contributed by atoms with Gasteiger partial charge in [0.05, 0.1) is 16.1 Å². The van der Waals surface area contributed by atoms with Crippen molar-refractivity contribution in [2.24, 2.45) is 4.99 Å². The minimum atomic E-state index is -4.53. The number of nitro groups is 1. The summed E-state index contributed by atoms with van der Waals surface area (Å²) < 4.78 is 43.1. The third-order valence-corrected chi connectivity index (χ3v) is 3.99. The number of carbonyl (C=O) groups excluding carboxylic acids is 1. The molecule has 0 bridgehead atoms. The van der Waals surface area contributed by atoms with E-state index in [1.54, 1.807) is 6.26 Å². The summed E-state index contributed by atoms with van der Waals surface area (Å²) in [4.78, 5) is 29.5. The normalized spacial score (nSPS) is 11.8. The molecule has 0 aliphatic rings. The second-order valence-electron chi connectivity index (χ2n) is 5.10. The van der Waals surface area contributed by atoms with Crippen LogP contribution in [0.4, 0.5) is 23.7 Å². The summed E-state index contributed by atoms with van der Waals surface area (Å²) in [6, 6.07) is 4.79. The largest absolute Gasteiger partial charge is 0.439 e. The number of amides is 2. The third kappa shape index (κ3) is 5.19. The summed E-state index contributed by atoms with van der Waals surface area (Å²) in [6.45, 7) is 0. The highest BCUT2D eigenvalue weighted by Crippen LogP contribution is 2.32. The number of rotatable bonds is 4. The summed E-state index contributed by atoms with van der Waals surface area (Å²) >= 11 is 1.01. The minimum absolute atomic E-state index is 0.0190. The molecule has 8 nitrogen and oxygen atoms in total. The van der Waals surface area contributed by atoms with Crippen LogP contribution < -0.4 is 10.1 Å². The lowest BCUT2D eigenvalue weighted by Crippen LogP contribution is -2.15. The Labute approximate surface area is 161 Å². The van der Waals surface area contributed by atoms with Crippen molar-refractivity contribution in [3.63, 3.8) is 0 Å². The summed E-state index contributed by atoms with van der Waals surface area (Å²) in [5.74, 6) is -0.0618. The Hall–Kier alpha value is -3.15. The van der Waals surface area contributed by atoms with E-state index in [1.807, 2.05) is 0 Å². The summed E-state index contributed by atoms with van der Waals surface area (Å²) in [5, 5.41) is 13.6. The van der Waals surface area contributed by atoms with Crippen LogP contribution in [0.5, 0.6) is 11.6 Å². The minimum Gasteiger partial charge on any atom is -0.439 e. The zero-order chi connectivity index (χ0) is 20.9. The predicted molar refractivity (Wildman–Crippen MR) is 96.9 cm³/mol. The number of halogens is 3. The average molecular weight is 414 g/mol. The molecule has 0 saturated carbocycles. The van der Waals surface area contributed by atoms with Gasteiger partial charge in [0.15, 0.2) is 0 Å². The Morgan fingerprint density at radius 3 is 2.54 bits per heavy atom. The lowest BCUT2D eigenvalue weighted by atomic mass is 10.2. The Morgan fingerprint density at radius 2 is 2.04 bits per heavy atom. The second-order valence-corrected chi connectivity index (χ2v) is 5.89. The van der Waals surface area contributed by atoms with Crippen molar-refractivity contribution in [2.45, 2.75) is 6.18 Å². The molecule has 0 saturated heterocycles. The fraction of sp³-hybridized carbons (Fsp3) is 0.188. The third-order valence-electron chi connectivity index (χ3n) is 3.29. The molecule has 12 heteroatoms. The lowest BCUT2D eigenvalue weighted by molar-refractivity contribution is -0.385. The molecule has 1 N–H and O–H groups in total. The predicted octanol–water partition coefficient (Wildman–Crippen LogP) is 4.25. The van der Waals surface area contributed by atoms with Gasteiger partial charge in [-0.05, 0) is 24.5 Å². The molecule has 148 valence electrons. The summed E-state index contributed by atoms with van der Waals surface area (Å²) in [6.07, 6.45) is -2.34. The molecule has 0 radical (unpaired) electrons. The van der Waals surface area contributed by atoms with E-state index >= 15 is 0 Å². The molecule has 2 rings (SSSR count). The first-order valence-electron chi connectivity index (χ1n) is 7.50. The van der Waals surface area contributed by atoms with E-state index in [0.29, 0.717) is 6.20 Å². The first-order chi connectivity index (χ1) is 13.2. The molecule has 0 fully saturated rings. The maximum Gasteiger partial charge on any atom is 0.417 e. The van der Waals surface area contributed by atoms with Crippen LogP contribution in [0.2, 0.25) is 0 Å². The number of hydrogen-bond acceptors (Lipinski definition) is 6. The molecule has 0 spiro atoms. The maximum atomic E-state index is 12.6. The molecule has 0 aliphatic heterocycles. The maximum absolute atomic E-state index is 12.6. The van der Waals surface area contributed by atoms with E-state index in [2.05, 4.69) is 15.3 Å². The summed E-state index contributed by atoms with van der Waals surface area (Å²) in [5.41, 5.74) is -1.23. The number of benzene rings is 1. The van der Waals surface area contributed by atoms with Crippen LogP contribution in [0.25, 0.3) is 0 Å². The van der Waals surface area contributed by atoms with E-state index < -0.39 is 22.7 Å². The van der Waals surface area contributed by atoms with E-state index in [1.165, 1.54) is 19.2 Å². The van der Waals surface area contributed by atoms with Crippen molar-refractivity contribution in [3.8, 4) is 11.6 Å². The Bertz CT molecular complexity index is 917. The molecule has 2 amide bonds. The number of nitrogens with one attached hydrogen (secondary N) is 1. The number of aliphatic imine (C=N–C) groups is 1. The Kier molecular flexibility index (Phi) is 6.57.